The predicted octanol–water partition coefficient (Wildman–Crippen LogP) is 1.86. The first-order valence-electron chi connectivity index (χ1n) is 4.29. The molecule has 1 aromatic heterocycles. The highest BCUT2D eigenvalue weighted by atomic mass is 32.1. The van der Waals surface area contributed by atoms with Crippen molar-refractivity contribution in [2.24, 2.45) is 0 Å². The first-order valence-corrected chi connectivity index (χ1v) is 5.11. The van der Waals surface area contributed by atoms with E-state index < -0.39 is 0 Å². The number of anilines is 1. The first kappa shape index (κ1) is 10.1. The van der Waals surface area contributed by atoms with Gasteiger partial charge in [0.2, 0.25) is 0 Å². The van der Waals surface area contributed by atoms with E-state index in [1.54, 1.807) is 12.1 Å². The Bertz CT molecular complexity index is 296. The summed E-state index contributed by atoms with van der Waals surface area (Å²) in [4.78, 5) is 12.1. The van der Waals surface area contributed by atoms with Crippen molar-refractivity contribution in [2.75, 3.05) is 5.73 Å². The number of amides is 1. The quantitative estimate of drug-likeness (QED) is 0.779. The lowest BCUT2D eigenvalue weighted by molar-refractivity contribution is 0.0943. The van der Waals surface area contributed by atoms with Crippen LogP contribution in [0.4, 0.5) is 5.00 Å². The van der Waals surface area contributed by atoms with Crippen LogP contribution in [0.3, 0.4) is 0 Å². The van der Waals surface area contributed by atoms with Crippen LogP contribution < -0.4 is 11.1 Å². The third-order valence-corrected chi connectivity index (χ3v) is 2.75. The fraction of sp³-hybridized carbons (Fsp3) is 0.444. The zero-order valence-corrected chi connectivity index (χ0v) is 8.65. The molecule has 0 radical (unpaired) electrons. The molecule has 72 valence electrons. The standard InChI is InChI=1S/C9H14N2OS/c1-3-6(2)11-9(12)7-4-5-8(10)13-7/h4-6H,3,10H2,1-2H3,(H,11,12). The molecular weight excluding hydrogens is 184 g/mol. The smallest absolute Gasteiger partial charge is 0.261 e. The number of nitrogens with two attached hydrogens (primary N) is 1. The molecule has 0 bridgehead atoms. The summed E-state index contributed by atoms with van der Waals surface area (Å²) < 4.78 is 0. The molecule has 4 heteroatoms. The van der Waals surface area contributed by atoms with Gasteiger partial charge in [-0.25, -0.2) is 0 Å². The highest BCUT2D eigenvalue weighted by Crippen LogP contribution is 2.17. The minimum atomic E-state index is -0.0314. The first-order chi connectivity index (χ1) is 6.13. The SMILES string of the molecule is CCC(C)NC(=O)c1ccc(N)s1. The fourth-order valence-corrected chi connectivity index (χ4v) is 1.55. The molecule has 0 aliphatic rings. The lowest BCUT2D eigenvalue weighted by Gasteiger charge is -2.09. The zero-order valence-electron chi connectivity index (χ0n) is 7.83. The van der Waals surface area contributed by atoms with E-state index >= 15 is 0 Å². The Morgan fingerprint density at radius 1 is 1.69 bits per heavy atom. The third kappa shape index (κ3) is 2.73. The normalized spacial score (nSPS) is 12.5. The molecule has 0 aliphatic carbocycles. The van der Waals surface area contributed by atoms with E-state index in [0.29, 0.717) is 9.88 Å². The van der Waals surface area contributed by atoms with Crippen molar-refractivity contribution in [1.29, 1.82) is 0 Å². The molecule has 1 amide bonds. The van der Waals surface area contributed by atoms with Gasteiger partial charge in [0, 0.05) is 6.04 Å². The van der Waals surface area contributed by atoms with Crippen LogP contribution in [0.15, 0.2) is 12.1 Å². The van der Waals surface area contributed by atoms with E-state index in [1.807, 2.05) is 13.8 Å². The molecule has 0 saturated heterocycles. The van der Waals surface area contributed by atoms with Gasteiger partial charge in [-0.2, -0.15) is 0 Å². The van der Waals surface area contributed by atoms with Crippen LogP contribution >= 0.6 is 11.3 Å². The number of nitrogens with one attached hydrogen (secondary N) is 1. The molecule has 3 nitrogen and oxygen atoms in total. The Kier molecular flexibility index (Phi) is 3.31. The van der Waals surface area contributed by atoms with Crippen molar-refractivity contribution in [3.05, 3.63) is 17.0 Å². The van der Waals surface area contributed by atoms with Crippen LogP contribution in [0, 0.1) is 0 Å². The molecule has 13 heavy (non-hydrogen) atoms. The lowest BCUT2D eigenvalue weighted by atomic mass is 10.2. The Morgan fingerprint density at radius 2 is 2.38 bits per heavy atom. The van der Waals surface area contributed by atoms with Gasteiger partial charge in [-0.15, -0.1) is 11.3 Å². The van der Waals surface area contributed by atoms with E-state index in [-0.39, 0.29) is 11.9 Å². The molecule has 1 aromatic rings. The van der Waals surface area contributed by atoms with Crippen molar-refractivity contribution in [3.63, 3.8) is 0 Å². The third-order valence-electron chi connectivity index (χ3n) is 1.84. The summed E-state index contributed by atoms with van der Waals surface area (Å²) in [5.41, 5.74) is 5.52. The van der Waals surface area contributed by atoms with Crippen molar-refractivity contribution >= 4 is 22.2 Å². The van der Waals surface area contributed by atoms with Gasteiger partial charge >= 0.3 is 0 Å². The molecule has 0 saturated carbocycles. The van der Waals surface area contributed by atoms with Gasteiger partial charge in [0.25, 0.3) is 5.91 Å². The van der Waals surface area contributed by atoms with Gasteiger partial charge in [-0.1, -0.05) is 6.92 Å². The molecule has 0 spiro atoms. The maximum atomic E-state index is 11.5. The van der Waals surface area contributed by atoms with E-state index in [4.69, 9.17) is 5.73 Å². The number of thiophene rings is 1. The number of nitrogen functional groups attached to an aromatic ring is 1. The van der Waals surface area contributed by atoms with E-state index in [1.165, 1.54) is 11.3 Å². The molecule has 1 atom stereocenters. The Balaban J connectivity index is 2.58. The van der Waals surface area contributed by atoms with Crippen molar-refractivity contribution in [2.45, 2.75) is 26.3 Å². The van der Waals surface area contributed by atoms with Crippen molar-refractivity contribution in [3.8, 4) is 0 Å². The average molecular weight is 198 g/mol. The fourth-order valence-electron chi connectivity index (χ4n) is 0.872. The molecule has 1 heterocycles. The Hall–Kier alpha value is -1.03. The van der Waals surface area contributed by atoms with Gasteiger partial charge in [-0.05, 0) is 25.5 Å². The number of hydrogen-bond donors (Lipinski definition) is 2. The van der Waals surface area contributed by atoms with E-state index in [9.17, 15) is 4.79 Å². The second-order valence-electron chi connectivity index (χ2n) is 2.98. The molecule has 1 unspecified atom stereocenters. The van der Waals surface area contributed by atoms with Crippen LogP contribution in [0.5, 0.6) is 0 Å². The van der Waals surface area contributed by atoms with E-state index in [2.05, 4.69) is 5.32 Å². The van der Waals surface area contributed by atoms with Gasteiger partial charge in [0.1, 0.15) is 0 Å². The molecular formula is C9H14N2OS. The Morgan fingerprint density at radius 3 is 2.85 bits per heavy atom. The van der Waals surface area contributed by atoms with Crippen LogP contribution in [0.25, 0.3) is 0 Å². The summed E-state index contributed by atoms with van der Waals surface area (Å²) in [5, 5.41) is 3.55. The maximum absolute atomic E-state index is 11.5. The average Bonchev–Trinajstić information content (AvgIpc) is 2.51. The number of carbonyl (C=O) groups excluding carboxylic acids is 1. The van der Waals surface area contributed by atoms with E-state index in [0.717, 1.165) is 6.42 Å². The summed E-state index contributed by atoms with van der Waals surface area (Å²) in [5.74, 6) is -0.0314. The maximum Gasteiger partial charge on any atom is 0.261 e. The summed E-state index contributed by atoms with van der Waals surface area (Å²) in [6, 6.07) is 3.71. The summed E-state index contributed by atoms with van der Waals surface area (Å²) in [7, 11) is 0. The minimum absolute atomic E-state index is 0.0314. The molecule has 0 aromatic carbocycles. The highest BCUT2D eigenvalue weighted by Gasteiger charge is 2.09. The second kappa shape index (κ2) is 4.28. The summed E-state index contributed by atoms with van der Waals surface area (Å²) in [6.45, 7) is 4.02. The molecule has 0 aliphatic heterocycles. The highest BCUT2D eigenvalue weighted by molar-refractivity contribution is 7.17. The van der Waals surface area contributed by atoms with Crippen LogP contribution in [-0.4, -0.2) is 11.9 Å². The van der Waals surface area contributed by atoms with Gasteiger partial charge in [0.15, 0.2) is 0 Å². The number of carbonyl (C=O) groups is 1. The van der Waals surface area contributed by atoms with Gasteiger partial charge < -0.3 is 11.1 Å². The van der Waals surface area contributed by atoms with Gasteiger partial charge in [-0.3, -0.25) is 4.79 Å². The van der Waals surface area contributed by atoms with Crippen LogP contribution in [0.1, 0.15) is 29.9 Å². The minimum Gasteiger partial charge on any atom is -0.391 e. The Labute approximate surface area is 81.9 Å². The predicted molar refractivity (Wildman–Crippen MR) is 56.0 cm³/mol. The molecule has 3 N–H and O–H groups in total. The molecule has 1 rings (SSSR count). The van der Waals surface area contributed by atoms with Crippen molar-refractivity contribution in [1.82, 2.24) is 5.32 Å². The second-order valence-corrected chi connectivity index (χ2v) is 4.10. The zero-order chi connectivity index (χ0) is 9.84. The van der Waals surface area contributed by atoms with Gasteiger partial charge in [0.05, 0.1) is 9.88 Å². The largest absolute Gasteiger partial charge is 0.391 e. The van der Waals surface area contributed by atoms with Crippen molar-refractivity contribution < 1.29 is 4.79 Å². The lowest BCUT2D eigenvalue weighted by Crippen LogP contribution is -2.31. The summed E-state index contributed by atoms with van der Waals surface area (Å²) >= 11 is 1.31. The monoisotopic (exact) mass is 198 g/mol. The molecule has 0 fully saturated rings. The van der Waals surface area contributed by atoms with Crippen LogP contribution in [0.2, 0.25) is 0 Å². The summed E-state index contributed by atoms with van der Waals surface area (Å²) in [6.07, 6.45) is 0.937. The number of rotatable bonds is 3. The topological polar surface area (TPSA) is 55.1 Å². The van der Waals surface area contributed by atoms with Crippen LogP contribution in [-0.2, 0) is 0 Å². The number of hydrogen-bond acceptors (Lipinski definition) is 3.